The van der Waals surface area contributed by atoms with Gasteiger partial charge < -0.3 is 14.2 Å². The maximum absolute atomic E-state index is 13.8. The number of rotatable bonds is 9. The number of benzene rings is 2. The number of thiazole rings is 1. The zero-order valence-corrected chi connectivity index (χ0v) is 24.4. The molecule has 3 heterocycles. The normalized spacial score (nSPS) is 14.7. The van der Waals surface area contributed by atoms with Gasteiger partial charge in [0.15, 0.2) is 16.3 Å². The molecule has 8 nitrogen and oxygen atoms in total. The van der Waals surface area contributed by atoms with Crippen molar-refractivity contribution in [3.8, 4) is 17.6 Å². The summed E-state index contributed by atoms with van der Waals surface area (Å²) < 4.78 is 19.3. The van der Waals surface area contributed by atoms with Crippen LogP contribution < -0.4 is 24.4 Å². The number of carbonyl (C=O) groups excluding carboxylic acids is 1. The number of ether oxygens (including phenoxy) is 3. The van der Waals surface area contributed by atoms with Gasteiger partial charge in [-0.3, -0.25) is 9.36 Å². The lowest BCUT2D eigenvalue weighted by molar-refractivity contribution is -0.139. The summed E-state index contributed by atoms with van der Waals surface area (Å²) in [6, 6.07) is 18.0. The number of hydrogen-bond donors (Lipinski definition) is 0. The van der Waals surface area contributed by atoms with Gasteiger partial charge in [-0.25, -0.2) is 9.79 Å². The number of nitriles is 1. The van der Waals surface area contributed by atoms with Crippen molar-refractivity contribution in [3.05, 3.63) is 113 Å². The number of thiophene rings is 1. The van der Waals surface area contributed by atoms with E-state index in [0.29, 0.717) is 50.9 Å². The van der Waals surface area contributed by atoms with Crippen LogP contribution in [-0.2, 0) is 16.1 Å². The van der Waals surface area contributed by atoms with Gasteiger partial charge in [-0.1, -0.05) is 35.6 Å². The summed E-state index contributed by atoms with van der Waals surface area (Å²) in [7, 11) is 0. The molecule has 5 rings (SSSR count). The summed E-state index contributed by atoms with van der Waals surface area (Å²) in [6.07, 6.45) is 1.80. The van der Waals surface area contributed by atoms with Gasteiger partial charge in [-0.2, -0.15) is 5.26 Å². The Bertz CT molecular complexity index is 1830. The first-order chi connectivity index (χ1) is 19.9. The number of fused-ring (bicyclic) bond motifs is 1. The fraction of sp³-hybridized carbons (Fsp3) is 0.226. The summed E-state index contributed by atoms with van der Waals surface area (Å²) in [4.78, 5) is 32.7. The Morgan fingerprint density at radius 2 is 1.90 bits per heavy atom. The molecule has 0 unspecified atom stereocenters. The molecule has 208 valence electrons. The van der Waals surface area contributed by atoms with Crippen LogP contribution in [0.2, 0.25) is 0 Å². The van der Waals surface area contributed by atoms with E-state index in [0.717, 1.165) is 16.0 Å². The molecule has 41 heavy (non-hydrogen) atoms. The summed E-state index contributed by atoms with van der Waals surface area (Å²) in [5.74, 6) is 0.654. The first kappa shape index (κ1) is 28.1. The number of nitrogens with zero attached hydrogens (tertiary/aromatic N) is 3. The van der Waals surface area contributed by atoms with Gasteiger partial charge in [0.2, 0.25) is 0 Å². The lowest BCUT2D eigenvalue weighted by Crippen LogP contribution is -2.39. The highest BCUT2D eigenvalue weighted by Gasteiger charge is 2.33. The first-order valence-corrected chi connectivity index (χ1v) is 14.7. The lowest BCUT2D eigenvalue weighted by atomic mass is 10.0. The smallest absolute Gasteiger partial charge is 0.338 e. The molecule has 0 saturated heterocycles. The molecule has 0 radical (unpaired) electrons. The van der Waals surface area contributed by atoms with E-state index in [1.165, 1.54) is 22.7 Å². The zero-order chi connectivity index (χ0) is 28.9. The standard InChI is InChI=1S/C31H27N3O5S2/c1-4-37-24-15-22(12-13-23(24)39-18-21-10-8-20(17-32)9-11-21)16-26-29(35)34-28(25-7-6-14-40-25)27(30(36)38-5-2)19(3)33-31(34)41-26/h6-16,28H,4-5,18H2,1-3H3/b26-16-/t28-/m1/s1. The van der Waals surface area contributed by atoms with Crippen LogP contribution >= 0.6 is 22.7 Å². The summed E-state index contributed by atoms with van der Waals surface area (Å²) in [5.41, 5.74) is 2.95. The van der Waals surface area contributed by atoms with Crippen molar-refractivity contribution in [3.63, 3.8) is 0 Å². The Morgan fingerprint density at radius 3 is 2.59 bits per heavy atom. The van der Waals surface area contributed by atoms with E-state index < -0.39 is 12.0 Å². The Hall–Kier alpha value is -4.46. The monoisotopic (exact) mass is 585 g/mol. The molecule has 10 heteroatoms. The molecule has 0 N–H and O–H groups in total. The van der Waals surface area contributed by atoms with Gasteiger partial charge in [0.25, 0.3) is 5.56 Å². The Morgan fingerprint density at radius 1 is 1.10 bits per heavy atom. The average Bonchev–Trinajstić information content (AvgIpc) is 3.61. The summed E-state index contributed by atoms with van der Waals surface area (Å²) >= 11 is 2.75. The molecule has 2 aromatic carbocycles. The highest BCUT2D eigenvalue weighted by Crippen LogP contribution is 2.33. The molecule has 2 aromatic heterocycles. The maximum Gasteiger partial charge on any atom is 0.338 e. The van der Waals surface area contributed by atoms with Crippen molar-refractivity contribution in [1.29, 1.82) is 5.26 Å². The van der Waals surface area contributed by atoms with E-state index in [4.69, 9.17) is 19.5 Å². The highest BCUT2D eigenvalue weighted by molar-refractivity contribution is 7.10. The van der Waals surface area contributed by atoms with Crippen molar-refractivity contribution < 1.29 is 19.0 Å². The van der Waals surface area contributed by atoms with Crippen LogP contribution in [0.25, 0.3) is 6.08 Å². The number of allylic oxidation sites excluding steroid dienone is 1. The third-order valence-corrected chi connectivity index (χ3v) is 8.28. The highest BCUT2D eigenvalue weighted by atomic mass is 32.1. The molecule has 0 saturated carbocycles. The van der Waals surface area contributed by atoms with Crippen molar-refractivity contribution in [2.45, 2.75) is 33.4 Å². The van der Waals surface area contributed by atoms with Gasteiger partial charge in [-0.05, 0) is 73.7 Å². The summed E-state index contributed by atoms with van der Waals surface area (Å²) in [6.45, 7) is 6.40. The summed E-state index contributed by atoms with van der Waals surface area (Å²) in [5, 5.41) is 10.9. The van der Waals surface area contributed by atoms with Crippen molar-refractivity contribution in [2.24, 2.45) is 4.99 Å². The Labute approximate surface area is 244 Å². The van der Waals surface area contributed by atoms with E-state index in [1.807, 2.05) is 54.8 Å². The predicted octanol–water partition coefficient (Wildman–Crippen LogP) is 4.71. The second-order valence-electron chi connectivity index (χ2n) is 9.05. The van der Waals surface area contributed by atoms with Crippen LogP contribution in [0.3, 0.4) is 0 Å². The molecule has 0 aliphatic carbocycles. The maximum atomic E-state index is 13.8. The molecule has 0 fully saturated rings. The Balaban J connectivity index is 1.50. The van der Waals surface area contributed by atoms with Crippen LogP contribution in [0.15, 0.2) is 81.0 Å². The molecular formula is C31H27N3O5S2. The third-order valence-electron chi connectivity index (χ3n) is 6.37. The van der Waals surface area contributed by atoms with Crippen molar-refractivity contribution in [2.75, 3.05) is 13.2 Å². The topological polar surface area (TPSA) is 103 Å². The van der Waals surface area contributed by atoms with Gasteiger partial charge in [0.1, 0.15) is 12.6 Å². The number of carbonyl (C=O) groups is 1. The van der Waals surface area contributed by atoms with Gasteiger partial charge in [-0.15, -0.1) is 11.3 Å². The number of aromatic nitrogens is 1. The quantitative estimate of drug-likeness (QED) is 0.264. The van der Waals surface area contributed by atoms with Crippen LogP contribution in [-0.4, -0.2) is 23.8 Å². The minimum absolute atomic E-state index is 0.229. The van der Waals surface area contributed by atoms with E-state index in [9.17, 15) is 9.59 Å². The largest absolute Gasteiger partial charge is 0.490 e. The average molecular weight is 586 g/mol. The second-order valence-corrected chi connectivity index (χ2v) is 11.0. The van der Waals surface area contributed by atoms with E-state index in [1.54, 1.807) is 36.6 Å². The molecular weight excluding hydrogens is 558 g/mol. The fourth-order valence-corrected chi connectivity index (χ4v) is 6.37. The van der Waals surface area contributed by atoms with Gasteiger partial charge in [0.05, 0.1) is 40.6 Å². The molecule has 0 spiro atoms. The Kier molecular flexibility index (Phi) is 8.47. The number of esters is 1. The van der Waals surface area contributed by atoms with Crippen LogP contribution in [0.1, 0.15) is 48.4 Å². The molecule has 1 aliphatic heterocycles. The minimum atomic E-state index is -0.607. The zero-order valence-electron chi connectivity index (χ0n) is 22.7. The molecule has 1 aliphatic rings. The molecule has 1 atom stereocenters. The third kappa shape index (κ3) is 5.87. The molecule has 4 aromatic rings. The van der Waals surface area contributed by atoms with E-state index >= 15 is 0 Å². The van der Waals surface area contributed by atoms with E-state index in [2.05, 4.69) is 11.1 Å². The van der Waals surface area contributed by atoms with Gasteiger partial charge in [0, 0.05) is 4.88 Å². The fourth-order valence-electron chi connectivity index (χ4n) is 4.50. The predicted molar refractivity (Wildman–Crippen MR) is 158 cm³/mol. The van der Waals surface area contributed by atoms with E-state index in [-0.39, 0.29) is 12.2 Å². The molecule has 0 amide bonds. The first-order valence-electron chi connectivity index (χ1n) is 13.0. The van der Waals surface area contributed by atoms with Crippen LogP contribution in [0, 0.1) is 11.3 Å². The van der Waals surface area contributed by atoms with Crippen molar-refractivity contribution in [1.82, 2.24) is 4.57 Å². The van der Waals surface area contributed by atoms with Gasteiger partial charge >= 0.3 is 5.97 Å². The van der Waals surface area contributed by atoms with Crippen LogP contribution in [0.5, 0.6) is 11.5 Å². The molecule has 0 bridgehead atoms. The minimum Gasteiger partial charge on any atom is -0.490 e. The van der Waals surface area contributed by atoms with Crippen LogP contribution in [0.4, 0.5) is 0 Å². The van der Waals surface area contributed by atoms with Crippen molar-refractivity contribution >= 4 is 34.7 Å². The second kappa shape index (κ2) is 12.4. The number of hydrogen-bond acceptors (Lipinski definition) is 9. The lowest BCUT2D eigenvalue weighted by Gasteiger charge is -2.23. The SMILES string of the molecule is CCOC(=O)C1=C(C)N=c2s/c(=C\c3ccc(OCc4ccc(C#N)cc4)c(OCC)c3)c(=O)n2[C@@H]1c1cccs1.